The van der Waals surface area contributed by atoms with Crippen LogP contribution in [0.15, 0.2) is 46.0 Å². The van der Waals surface area contributed by atoms with Crippen molar-refractivity contribution < 1.29 is 18.7 Å². The number of nitrogens with two attached hydrogens (primary N) is 1. The molecule has 0 radical (unpaired) electrons. The summed E-state index contributed by atoms with van der Waals surface area (Å²) in [7, 11) is 0. The molecule has 0 amide bonds. The van der Waals surface area contributed by atoms with Gasteiger partial charge in [0.25, 0.3) is 0 Å². The summed E-state index contributed by atoms with van der Waals surface area (Å²) >= 11 is 3.14. The zero-order valence-corrected chi connectivity index (χ0v) is 12.3. The molecule has 0 atom stereocenters. The zero-order chi connectivity index (χ0) is 15.4. The maximum atomic E-state index is 13.9. The van der Waals surface area contributed by atoms with Gasteiger partial charge in [-0.05, 0) is 18.2 Å². The van der Waals surface area contributed by atoms with Crippen LogP contribution in [0.25, 0.3) is 0 Å². The molecule has 0 aromatic heterocycles. The van der Waals surface area contributed by atoms with E-state index in [1.165, 1.54) is 24.3 Å². The summed E-state index contributed by atoms with van der Waals surface area (Å²) in [6.45, 7) is -0.0713. The minimum Gasteiger partial charge on any atom is -0.489 e. The van der Waals surface area contributed by atoms with Crippen LogP contribution < -0.4 is 10.5 Å². The molecule has 0 unspecified atom stereocenters. The second-order valence-electron chi connectivity index (χ2n) is 4.19. The van der Waals surface area contributed by atoms with Crippen molar-refractivity contribution in [3.8, 4) is 5.75 Å². The van der Waals surface area contributed by atoms with Crippen molar-refractivity contribution in [2.24, 2.45) is 10.9 Å². The third-order valence-corrected chi connectivity index (χ3v) is 3.14. The van der Waals surface area contributed by atoms with Crippen LogP contribution in [0.2, 0.25) is 0 Å². The molecule has 0 saturated carbocycles. The van der Waals surface area contributed by atoms with Crippen LogP contribution in [-0.2, 0) is 6.61 Å². The van der Waals surface area contributed by atoms with Crippen molar-refractivity contribution in [1.82, 2.24) is 0 Å². The minimum absolute atomic E-state index is 0.0713. The highest BCUT2D eigenvalue weighted by Crippen LogP contribution is 2.22. The summed E-state index contributed by atoms with van der Waals surface area (Å²) in [6, 6.07) is 8.16. The van der Waals surface area contributed by atoms with Gasteiger partial charge in [-0.2, -0.15) is 0 Å². The first-order chi connectivity index (χ1) is 9.99. The summed E-state index contributed by atoms with van der Waals surface area (Å²) in [5.74, 6) is -0.922. The number of oxime groups is 1. The third-order valence-electron chi connectivity index (χ3n) is 2.69. The Hall–Kier alpha value is -2.15. The molecule has 0 saturated heterocycles. The summed E-state index contributed by atoms with van der Waals surface area (Å²) in [6.07, 6.45) is 0. The monoisotopic (exact) mass is 356 g/mol. The van der Waals surface area contributed by atoms with Gasteiger partial charge in [-0.1, -0.05) is 33.2 Å². The van der Waals surface area contributed by atoms with E-state index in [-0.39, 0.29) is 29.3 Å². The van der Waals surface area contributed by atoms with Gasteiger partial charge in [0.2, 0.25) is 0 Å². The Labute approximate surface area is 128 Å². The van der Waals surface area contributed by atoms with Crippen molar-refractivity contribution >= 4 is 21.8 Å². The Bertz CT molecular complexity index is 672. The summed E-state index contributed by atoms with van der Waals surface area (Å²) in [5.41, 5.74) is 5.89. The van der Waals surface area contributed by atoms with E-state index in [1.54, 1.807) is 6.07 Å². The van der Waals surface area contributed by atoms with Crippen LogP contribution >= 0.6 is 15.9 Å². The smallest absolute Gasteiger partial charge is 0.170 e. The predicted octanol–water partition coefficient (Wildman–Crippen LogP) is 3.40. The number of amidine groups is 1. The molecule has 2 aromatic rings. The maximum absolute atomic E-state index is 13.9. The molecule has 0 bridgehead atoms. The predicted molar refractivity (Wildman–Crippen MR) is 77.3 cm³/mol. The fourth-order valence-electron chi connectivity index (χ4n) is 1.65. The Kier molecular flexibility index (Phi) is 4.74. The average Bonchev–Trinajstić information content (AvgIpc) is 2.44. The molecule has 4 nitrogen and oxygen atoms in total. The number of benzene rings is 2. The van der Waals surface area contributed by atoms with Gasteiger partial charge in [0, 0.05) is 21.7 Å². The van der Waals surface area contributed by atoms with Crippen molar-refractivity contribution in [3.05, 3.63) is 63.6 Å². The van der Waals surface area contributed by atoms with Crippen molar-refractivity contribution in [3.63, 3.8) is 0 Å². The summed E-state index contributed by atoms with van der Waals surface area (Å²) in [4.78, 5) is 0. The van der Waals surface area contributed by atoms with Crippen LogP contribution in [0.1, 0.15) is 11.1 Å². The van der Waals surface area contributed by atoms with Crippen LogP contribution in [0, 0.1) is 11.6 Å². The molecule has 7 heteroatoms. The molecule has 0 spiro atoms. The lowest BCUT2D eigenvalue weighted by Gasteiger charge is -2.09. The van der Waals surface area contributed by atoms with E-state index in [9.17, 15) is 8.78 Å². The van der Waals surface area contributed by atoms with Crippen LogP contribution in [0.3, 0.4) is 0 Å². The fraction of sp³-hybridized carbons (Fsp3) is 0.0714. The van der Waals surface area contributed by atoms with E-state index in [0.29, 0.717) is 4.47 Å². The van der Waals surface area contributed by atoms with E-state index in [4.69, 9.17) is 15.7 Å². The van der Waals surface area contributed by atoms with Crippen LogP contribution in [0.5, 0.6) is 5.75 Å². The Balaban J connectivity index is 2.13. The molecule has 0 aliphatic heterocycles. The molecule has 0 aliphatic carbocycles. The van der Waals surface area contributed by atoms with Gasteiger partial charge in [0.15, 0.2) is 5.84 Å². The van der Waals surface area contributed by atoms with E-state index in [1.807, 2.05) is 0 Å². The Morgan fingerprint density at radius 3 is 2.62 bits per heavy atom. The van der Waals surface area contributed by atoms with Gasteiger partial charge in [0.05, 0.1) is 0 Å². The SMILES string of the molecule is N/C(=N/O)c1ccc(COc2cc(F)cc(Br)c2)c(F)c1. The fourth-order valence-corrected chi connectivity index (χ4v) is 2.10. The average molecular weight is 357 g/mol. The highest BCUT2D eigenvalue weighted by Gasteiger charge is 2.08. The minimum atomic E-state index is -0.561. The second kappa shape index (κ2) is 6.53. The van der Waals surface area contributed by atoms with E-state index < -0.39 is 11.6 Å². The number of nitrogens with zero attached hydrogens (tertiary/aromatic N) is 1. The van der Waals surface area contributed by atoms with Gasteiger partial charge in [-0.25, -0.2) is 8.78 Å². The summed E-state index contributed by atoms with van der Waals surface area (Å²) in [5, 5.41) is 11.3. The number of halogens is 3. The Morgan fingerprint density at radius 1 is 1.24 bits per heavy atom. The van der Waals surface area contributed by atoms with Crippen molar-refractivity contribution in [2.75, 3.05) is 0 Å². The lowest BCUT2D eigenvalue weighted by Crippen LogP contribution is -2.13. The molecule has 21 heavy (non-hydrogen) atoms. The molecule has 3 N–H and O–H groups in total. The Morgan fingerprint density at radius 2 is 2.00 bits per heavy atom. The summed E-state index contributed by atoms with van der Waals surface area (Å²) < 4.78 is 32.9. The lowest BCUT2D eigenvalue weighted by atomic mass is 10.1. The second-order valence-corrected chi connectivity index (χ2v) is 5.10. The number of ether oxygens (including phenoxy) is 1. The van der Waals surface area contributed by atoms with Crippen LogP contribution in [0.4, 0.5) is 8.78 Å². The first-order valence-corrected chi connectivity index (χ1v) is 6.64. The topological polar surface area (TPSA) is 67.8 Å². The number of rotatable bonds is 4. The highest BCUT2D eigenvalue weighted by atomic mass is 79.9. The quantitative estimate of drug-likeness (QED) is 0.381. The van der Waals surface area contributed by atoms with Gasteiger partial charge < -0.3 is 15.7 Å². The normalized spacial score (nSPS) is 11.5. The molecule has 0 aliphatic rings. The van der Waals surface area contributed by atoms with Gasteiger partial charge >= 0.3 is 0 Å². The zero-order valence-electron chi connectivity index (χ0n) is 10.7. The van der Waals surface area contributed by atoms with Gasteiger partial charge in [0.1, 0.15) is 24.0 Å². The standard InChI is InChI=1S/C14H11BrF2N2O2/c15-10-4-11(16)6-12(5-10)21-7-9-2-1-8(3-13(9)17)14(18)19-20/h1-6,20H,7H2,(H2,18,19). The molecular weight excluding hydrogens is 346 g/mol. The van der Waals surface area contributed by atoms with E-state index >= 15 is 0 Å². The van der Waals surface area contributed by atoms with Crippen molar-refractivity contribution in [1.29, 1.82) is 0 Å². The number of hydrogen-bond acceptors (Lipinski definition) is 3. The van der Waals surface area contributed by atoms with E-state index in [0.717, 1.165) is 6.07 Å². The molecular formula is C14H11BrF2N2O2. The third kappa shape index (κ3) is 3.91. The van der Waals surface area contributed by atoms with Crippen LogP contribution in [-0.4, -0.2) is 11.0 Å². The molecule has 2 aromatic carbocycles. The first-order valence-electron chi connectivity index (χ1n) is 5.85. The van der Waals surface area contributed by atoms with Crippen molar-refractivity contribution in [2.45, 2.75) is 6.61 Å². The number of hydrogen-bond donors (Lipinski definition) is 2. The highest BCUT2D eigenvalue weighted by molar-refractivity contribution is 9.10. The molecule has 0 fully saturated rings. The first kappa shape index (κ1) is 15.2. The van der Waals surface area contributed by atoms with E-state index in [2.05, 4.69) is 21.1 Å². The largest absolute Gasteiger partial charge is 0.489 e. The maximum Gasteiger partial charge on any atom is 0.170 e. The molecule has 2 rings (SSSR count). The van der Waals surface area contributed by atoms with Gasteiger partial charge in [-0.3, -0.25) is 0 Å². The molecule has 110 valence electrons. The molecule has 0 heterocycles. The lowest BCUT2D eigenvalue weighted by molar-refractivity contribution is 0.298. The van der Waals surface area contributed by atoms with Gasteiger partial charge in [-0.15, -0.1) is 0 Å².